The molecule has 0 spiro atoms. The number of hydrogen-bond donors (Lipinski definition) is 2. The quantitative estimate of drug-likeness (QED) is 0.791. The van der Waals surface area contributed by atoms with Crippen LogP contribution in [0.15, 0.2) is 18.2 Å². The van der Waals surface area contributed by atoms with Gasteiger partial charge in [0.05, 0.1) is 11.4 Å². The molecule has 5 heteroatoms. The van der Waals surface area contributed by atoms with Gasteiger partial charge in [-0.15, -0.1) is 0 Å². The molecule has 1 aliphatic carbocycles. The van der Waals surface area contributed by atoms with Crippen LogP contribution in [0.2, 0.25) is 5.02 Å². The fraction of sp³-hybridized carbons (Fsp3) is 0.588. The van der Waals surface area contributed by atoms with Gasteiger partial charge in [0.1, 0.15) is 0 Å². The number of benzene rings is 1. The largest absolute Gasteiger partial charge is 0.370 e. The highest BCUT2D eigenvalue weighted by atomic mass is 35.5. The molecule has 1 aromatic rings. The van der Waals surface area contributed by atoms with E-state index in [1.807, 2.05) is 12.1 Å². The highest BCUT2D eigenvalue weighted by Crippen LogP contribution is 2.31. The molecule has 1 aromatic carbocycles. The zero-order valence-corrected chi connectivity index (χ0v) is 14.5. The van der Waals surface area contributed by atoms with E-state index in [2.05, 4.69) is 21.6 Å². The van der Waals surface area contributed by atoms with Crippen LogP contribution in [-0.4, -0.2) is 24.2 Å². The number of rotatable bonds is 3. The lowest BCUT2D eigenvalue weighted by atomic mass is 9.96. The fourth-order valence-corrected chi connectivity index (χ4v) is 3.88. The molecule has 1 saturated carbocycles. The fourth-order valence-electron chi connectivity index (χ4n) is 3.43. The Balaban J connectivity index is 1.67. The summed E-state index contributed by atoms with van der Waals surface area (Å²) in [5.74, 6) is 0. The van der Waals surface area contributed by atoms with Gasteiger partial charge in [-0.3, -0.25) is 0 Å². The number of halogens is 1. The van der Waals surface area contributed by atoms with Crippen LogP contribution in [0, 0.1) is 0 Å². The van der Waals surface area contributed by atoms with Gasteiger partial charge in [-0.05, 0) is 56.1 Å². The molecule has 0 aromatic heterocycles. The summed E-state index contributed by atoms with van der Waals surface area (Å²) in [7, 11) is 0. The maximum absolute atomic E-state index is 6.18. The summed E-state index contributed by atoms with van der Waals surface area (Å²) in [6, 6.07) is 6.55. The molecule has 0 radical (unpaired) electrons. The smallest absolute Gasteiger partial charge is 0.171 e. The van der Waals surface area contributed by atoms with E-state index in [9.17, 15) is 0 Å². The minimum atomic E-state index is 0.517. The van der Waals surface area contributed by atoms with E-state index in [1.54, 1.807) is 0 Å². The van der Waals surface area contributed by atoms with Crippen molar-refractivity contribution in [1.82, 2.24) is 5.32 Å². The first-order chi connectivity index (χ1) is 10.7. The van der Waals surface area contributed by atoms with Crippen LogP contribution < -0.4 is 15.5 Å². The lowest BCUT2D eigenvalue weighted by molar-refractivity contribution is 0.415. The predicted octanol–water partition coefficient (Wildman–Crippen LogP) is 4.56. The molecule has 2 N–H and O–H groups in total. The molecule has 0 bridgehead atoms. The van der Waals surface area contributed by atoms with Gasteiger partial charge in [0.2, 0.25) is 0 Å². The van der Waals surface area contributed by atoms with Crippen LogP contribution in [0.4, 0.5) is 11.4 Å². The lowest BCUT2D eigenvalue weighted by Gasteiger charge is -2.26. The molecule has 22 heavy (non-hydrogen) atoms. The molecule has 3 rings (SSSR count). The SMILES string of the molecule is S=C(Nc1cc(Cl)ccc1N1CCCC1)NC1CCCCC1. The second kappa shape index (κ2) is 7.51. The second-order valence-electron chi connectivity index (χ2n) is 6.29. The van der Waals surface area contributed by atoms with Crippen molar-refractivity contribution in [2.75, 3.05) is 23.3 Å². The van der Waals surface area contributed by atoms with Crippen molar-refractivity contribution in [2.24, 2.45) is 0 Å². The van der Waals surface area contributed by atoms with Gasteiger partial charge in [-0.25, -0.2) is 0 Å². The van der Waals surface area contributed by atoms with Gasteiger partial charge in [-0.1, -0.05) is 30.9 Å². The molecule has 0 amide bonds. The summed E-state index contributed by atoms with van der Waals surface area (Å²) in [5, 5.41) is 8.29. The highest BCUT2D eigenvalue weighted by molar-refractivity contribution is 7.80. The normalized spacial score (nSPS) is 19.2. The third-order valence-corrected chi connectivity index (χ3v) is 5.05. The van der Waals surface area contributed by atoms with Crippen LogP contribution in [0.25, 0.3) is 0 Å². The minimum absolute atomic E-state index is 0.517. The first kappa shape index (κ1) is 15.9. The summed E-state index contributed by atoms with van der Waals surface area (Å²) in [6.45, 7) is 2.22. The molecule has 120 valence electrons. The highest BCUT2D eigenvalue weighted by Gasteiger charge is 2.18. The molecule has 3 nitrogen and oxygen atoms in total. The first-order valence-corrected chi connectivity index (χ1v) is 9.13. The van der Waals surface area contributed by atoms with Gasteiger partial charge in [0.15, 0.2) is 5.11 Å². The Morgan fingerprint density at radius 1 is 1.09 bits per heavy atom. The number of thiocarbonyl (C=S) groups is 1. The maximum Gasteiger partial charge on any atom is 0.171 e. The molecular formula is C17H24ClN3S. The Kier molecular flexibility index (Phi) is 5.42. The van der Waals surface area contributed by atoms with E-state index in [1.165, 1.54) is 50.6 Å². The zero-order valence-electron chi connectivity index (χ0n) is 12.9. The molecule has 2 aliphatic rings. The number of nitrogens with zero attached hydrogens (tertiary/aromatic N) is 1. The molecular weight excluding hydrogens is 314 g/mol. The Morgan fingerprint density at radius 3 is 2.55 bits per heavy atom. The average Bonchev–Trinajstić information content (AvgIpc) is 3.02. The van der Waals surface area contributed by atoms with Crippen LogP contribution in [0.3, 0.4) is 0 Å². The molecule has 1 saturated heterocycles. The summed E-state index contributed by atoms with van der Waals surface area (Å²) < 4.78 is 0. The Labute approximate surface area is 143 Å². The van der Waals surface area contributed by atoms with Gasteiger partial charge >= 0.3 is 0 Å². The molecule has 2 fully saturated rings. The molecule has 1 heterocycles. The maximum atomic E-state index is 6.18. The van der Waals surface area contributed by atoms with Crippen molar-refractivity contribution >= 4 is 40.3 Å². The summed E-state index contributed by atoms with van der Waals surface area (Å²) >= 11 is 11.7. The number of nitrogens with one attached hydrogen (secondary N) is 2. The van der Waals surface area contributed by atoms with E-state index >= 15 is 0 Å². The zero-order chi connectivity index (χ0) is 15.4. The van der Waals surface area contributed by atoms with Gasteiger partial charge in [-0.2, -0.15) is 0 Å². The van der Waals surface area contributed by atoms with E-state index in [-0.39, 0.29) is 0 Å². The van der Waals surface area contributed by atoms with Crippen LogP contribution in [-0.2, 0) is 0 Å². The molecule has 1 aliphatic heterocycles. The third-order valence-electron chi connectivity index (χ3n) is 4.59. The topological polar surface area (TPSA) is 27.3 Å². The first-order valence-electron chi connectivity index (χ1n) is 8.34. The van der Waals surface area contributed by atoms with Crippen LogP contribution >= 0.6 is 23.8 Å². The van der Waals surface area contributed by atoms with E-state index in [0.717, 1.165) is 28.9 Å². The standard InChI is InChI=1S/C17H24ClN3S/c18-13-8-9-16(21-10-4-5-11-21)15(12-13)20-17(22)19-14-6-2-1-3-7-14/h8-9,12,14H,1-7,10-11H2,(H2,19,20,22). The number of anilines is 2. The van der Waals surface area contributed by atoms with Crippen molar-refractivity contribution in [3.63, 3.8) is 0 Å². The average molecular weight is 338 g/mol. The van der Waals surface area contributed by atoms with Crippen molar-refractivity contribution in [2.45, 2.75) is 51.0 Å². The van der Waals surface area contributed by atoms with E-state index in [4.69, 9.17) is 23.8 Å². The van der Waals surface area contributed by atoms with Crippen LogP contribution in [0.5, 0.6) is 0 Å². The van der Waals surface area contributed by atoms with Gasteiger partial charge in [0.25, 0.3) is 0 Å². The van der Waals surface area contributed by atoms with Crippen molar-refractivity contribution in [3.05, 3.63) is 23.2 Å². The second-order valence-corrected chi connectivity index (χ2v) is 7.13. The van der Waals surface area contributed by atoms with E-state index < -0.39 is 0 Å². The van der Waals surface area contributed by atoms with Crippen LogP contribution in [0.1, 0.15) is 44.9 Å². The summed E-state index contributed by atoms with van der Waals surface area (Å²) in [4.78, 5) is 2.40. The Morgan fingerprint density at radius 2 is 1.82 bits per heavy atom. The molecule has 0 unspecified atom stereocenters. The monoisotopic (exact) mass is 337 g/mol. The Hall–Kier alpha value is -1.00. The summed E-state index contributed by atoms with van der Waals surface area (Å²) in [5.41, 5.74) is 2.22. The van der Waals surface area contributed by atoms with Gasteiger partial charge < -0.3 is 15.5 Å². The molecule has 0 atom stereocenters. The minimum Gasteiger partial charge on any atom is -0.370 e. The van der Waals surface area contributed by atoms with Crippen molar-refractivity contribution < 1.29 is 0 Å². The predicted molar refractivity (Wildman–Crippen MR) is 99.1 cm³/mol. The summed E-state index contributed by atoms with van der Waals surface area (Å²) in [6.07, 6.45) is 8.91. The van der Waals surface area contributed by atoms with Crippen molar-refractivity contribution in [1.29, 1.82) is 0 Å². The lowest BCUT2D eigenvalue weighted by Crippen LogP contribution is -2.39. The number of hydrogen-bond acceptors (Lipinski definition) is 2. The van der Waals surface area contributed by atoms with E-state index in [0.29, 0.717) is 6.04 Å². The van der Waals surface area contributed by atoms with Crippen molar-refractivity contribution in [3.8, 4) is 0 Å². The Bertz CT molecular complexity index is 523. The van der Waals surface area contributed by atoms with Gasteiger partial charge in [0, 0.05) is 24.2 Å². The third kappa shape index (κ3) is 4.05.